The molecule has 0 aromatic rings. The Hall–Kier alpha value is -0.770. The minimum absolute atomic E-state index is 0.551. The third-order valence-electron chi connectivity index (χ3n) is 0.845. The van der Waals surface area contributed by atoms with E-state index < -0.39 is 6.03 Å². The second-order valence-electron chi connectivity index (χ2n) is 2.06. The molecule has 0 aromatic heterocycles. The lowest BCUT2D eigenvalue weighted by Crippen LogP contribution is -2.30. The molecule has 0 heterocycles. The highest BCUT2D eigenvalue weighted by atomic mass is 16.2. The SMILES string of the molecule is CN(C)CCNC([NH])=O. The molecular formula is C5H12N3O. The highest BCUT2D eigenvalue weighted by molar-refractivity contribution is 5.70. The molecule has 0 spiro atoms. The Balaban J connectivity index is 3.01. The van der Waals surface area contributed by atoms with Gasteiger partial charge in [-0.05, 0) is 14.1 Å². The Labute approximate surface area is 55.0 Å². The second kappa shape index (κ2) is 4.14. The third kappa shape index (κ3) is 7.23. The van der Waals surface area contributed by atoms with Crippen molar-refractivity contribution in [1.29, 1.82) is 0 Å². The molecule has 0 aliphatic heterocycles. The zero-order valence-corrected chi connectivity index (χ0v) is 5.77. The van der Waals surface area contributed by atoms with Crippen LogP contribution in [0, 0.1) is 0 Å². The van der Waals surface area contributed by atoms with E-state index >= 15 is 0 Å². The quantitative estimate of drug-likeness (QED) is 0.562. The number of hydrogen-bond acceptors (Lipinski definition) is 2. The summed E-state index contributed by atoms with van der Waals surface area (Å²) in [6.45, 7) is 1.33. The monoisotopic (exact) mass is 130 g/mol. The van der Waals surface area contributed by atoms with Crippen molar-refractivity contribution in [3.63, 3.8) is 0 Å². The maximum atomic E-state index is 9.96. The Kier molecular flexibility index (Phi) is 3.79. The minimum atomic E-state index is -0.711. The first-order valence-corrected chi connectivity index (χ1v) is 2.77. The zero-order valence-electron chi connectivity index (χ0n) is 5.77. The predicted molar refractivity (Wildman–Crippen MR) is 35.0 cm³/mol. The number of hydrogen-bond donors (Lipinski definition) is 1. The Morgan fingerprint density at radius 1 is 1.67 bits per heavy atom. The van der Waals surface area contributed by atoms with E-state index in [0.717, 1.165) is 6.54 Å². The molecular weight excluding hydrogens is 118 g/mol. The van der Waals surface area contributed by atoms with E-state index in [1.54, 1.807) is 0 Å². The number of nitrogens with zero attached hydrogens (tertiary/aromatic N) is 1. The molecule has 9 heavy (non-hydrogen) atoms. The van der Waals surface area contributed by atoms with E-state index in [-0.39, 0.29) is 0 Å². The number of carbonyl (C=O) groups excluding carboxylic acids is 1. The van der Waals surface area contributed by atoms with Crippen LogP contribution in [0.15, 0.2) is 0 Å². The fourth-order valence-electron chi connectivity index (χ4n) is 0.393. The lowest BCUT2D eigenvalue weighted by atomic mass is 10.6. The second-order valence-corrected chi connectivity index (χ2v) is 2.06. The minimum Gasteiger partial charge on any atom is -0.335 e. The predicted octanol–water partition coefficient (Wildman–Crippen LogP) is -0.460. The smallest absolute Gasteiger partial charge is 0.333 e. The lowest BCUT2D eigenvalue weighted by molar-refractivity contribution is 0.246. The van der Waals surface area contributed by atoms with Crippen LogP contribution >= 0.6 is 0 Å². The van der Waals surface area contributed by atoms with Gasteiger partial charge in [0.05, 0.1) is 0 Å². The van der Waals surface area contributed by atoms with Gasteiger partial charge < -0.3 is 10.2 Å². The highest BCUT2D eigenvalue weighted by Gasteiger charge is 1.91. The first-order valence-electron chi connectivity index (χ1n) is 2.77. The molecule has 0 rings (SSSR count). The normalized spacial score (nSPS) is 9.67. The maximum absolute atomic E-state index is 9.96. The fraction of sp³-hybridized carbons (Fsp3) is 0.800. The van der Waals surface area contributed by atoms with E-state index in [0.29, 0.717) is 6.54 Å². The first-order chi connectivity index (χ1) is 4.13. The Morgan fingerprint density at radius 2 is 2.22 bits per heavy atom. The molecule has 0 aliphatic rings. The molecule has 1 radical (unpaired) electrons. The number of carbonyl (C=O) groups is 1. The average molecular weight is 130 g/mol. The number of nitrogens with one attached hydrogen (secondary N) is 2. The molecule has 53 valence electrons. The molecule has 0 saturated heterocycles. The Bertz CT molecular complexity index is 92.2. The summed E-state index contributed by atoms with van der Waals surface area (Å²) in [7, 11) is 3.83. The van der Waals surface area contributed by atoms with Crippen LogP contribution in [0.5, 0.6) is 0 Å². The van der Waals surface area contributed by atoms with Crippen molar-refractivity contribution in [2.24, 2.45) is 0 Å². The van der Waals surface area contributed by atoms with E-state index in [1.807, 2.05) is 19.0 Å². The van der Waals surface area contributed by atoms with Crippen LogP contribution in [0.3, 0.4) is 0 Å². The van der Waals surface area contributed by atoms with Gasteiger partial charge in [0.15, 0.2) is 0 Å². The molecule has 0 aromatic carbocycles. The summed E-state index contributed by atoms with van der Waals surface area (Å²) < 4.78 is 0. The van der Waals surface area contributed by atoms with Gasteiger partial charge in [0.1, 0.15) is 0 Å². The van der Waals surface area contributed by atoms with Gasteiger partial charge in [-0.1, -0.05) is 0 Å². The van der Waals surface area contributed by atoms with Crippen molar-refractivity contribution in [1.82, 2.24) is 16.0 Å². The fourth-order valence-corrected chi connectivity index (χ4v) is 0.393. The van der Waals surface area contributed by atoms with Crippen LogP contribution in [0.4, 0.5) is 4.79 Å². The van der Waals surface area contributed by atoms with Crippen LogP contribution < -0.4 is 11.1 Å². The molecule has 0 atom stereocenters. The Morgan fingerprint density at radius 3 is 2.56 bits per heavy atom. The molecule has 2 N–H and O–H groups in total. The van der Waals surface area contributed by atoms with Gasteiger partial charge in [0.2, 0.25) is 0 Å². The van der Waals surface area contributed by atoms with Crippen molar-refractivity contribution in [2.45, 2.75) is 0 Å². The van der Waals surface area contributed by atoms with Crippen LogP contribution in [-0.4, -0.2) is 38.1 Å². The number of likely N-dealkylation sites (N-methyl/N-ethyl adjacent to an activating group) is 1. The third-order valence-corrected chi connectivity index (χ3v) is 0.845. The van der Waals surface area contributed by atoms with Gasteiger partial charge in [0, 0.05) is 13.1 Å². The van der Waals surface area contributed by atoms with Gasteiger partial charge in [-0.3, -0.25) is 0 Å². The lowest BCUT2D eigenvalue weighted by Gasteiger charge is -2.07. The van der Waals surface area contributed by atoms with E-state index in [2.05, 4.69) is 5.32 Å². The average Bonchev–Trinajstić information content (AvgIpc) is 1.63. The zero-order chi connectivity index (χ0) is 7.28. The summed E-state index contributed by atoms with van der Waals surface area (Å²) in [5.74, 6) is 0. The van der Waals surface area contributed by atoms with Crippen molar-refractivity contribution >= 4 is 6.03 Å². The number of rotatable bonds is 3. The molecule has 0 fully saturated rings. The largest absolute Gasteiger partial charge is 0.335 e. The van der Waals surface area contributed by atoms with Gasteiger partial charge in [-0.15, -0.1) is 0 Å². The molecule has 0 aliphatic carbocycles. The van der Waals surface area contributed by atoms with Crippen molar-refractivity contribution < 1.29 is 4.79 Å². The molecule has 4 nitrogen and oxygen atoms in total. The van der Waals surface area contributed by atoms with E-state index in [1.165, 1.54) is 0 Å². The van der Waals surface area contributed by atoms with Crippen molar-refractivity contribution in [2.75, 3.05) is 27.2 Å². The van der Waals surface area contributed by atoms with Gasteiger partial charge in [-0.2, -0.15) is 0 Å². The highest BCUT2D eigenvalue weighted by Crippen LogP contribution is 1.69. The molecule has 0 unspecified atom stereocenters. The molecule has 2 amide bonds. The summed E-state index contributed by atoms with van der Waals surface area (Å²) in [4.78, 5) is 11.9. The van der Waals surface area contributed by atoms with Crippen LogP contribution in [0.25, 0.3) is 0 Å². The first kappa shape index (κ1) is 8.23. The van der Waals surface area contributed by atoms with Crippen LogP contribution in [-0.2, 0) is 0 Å². The molecule has 0 bridgehead atoms. The maximum Gasteiger partial charge on any atom is 0.333 e. The summed E-state index contributed by atoms with van der Waals surface area (Å²) in [5.41, 5.74) is 6.45. The van der Waals surface area contributed by atoms with Gasteiger partial charge >= 0.3 is 6.03 Å². The molecule has 4 heteroatoms. The summed E-state index contributed by atoms with van der Waals surface area (Å²) in [6.07, 6.45) is 0. The van der Waals surface area contributed by atoms with Gasteiger partial charge in [-0.25, -0.2) is 10.5 Å². The van der Waals surface area contributed by atoms with Crippen LogP contribution in [0.1, 0.15) is 0 Å². The topological polar surface area (TPSA) is 56.1 Å². The summed E-state index contributed by atoms with van der Waals surface area (Å²) in [6, 6.07) is -0.711. The van der Waals surface area contributed by atoms with E-state index in [4.69, 9.17) is 5.73 Å². The van der Waals surface area contributed by atoms with Crippen LogP contribution in [0.2, 0.25) is 0 Å². The van der Waals surface area contributed by atoms with E-state index in [9.17, 15) is 4.79 Å². The molecule has 0 saturated carbocycles. The van der Waals surface area contributed by atoms with Crippen molar-refractivity contribution in [3.8, 4) is 0 Å². The number of amides is 2. The number of urea groups is 1. The summed E-state index contributed by atoms with van der Waals surface area (Å²) in [5, 5.41) is 2.36. The summed E-state index contributed by atoms with van der Waals surface area (Å²) >= 11 is 0. The van der Waals surface area contributed by atoms with Gasteiger partial charge in [0.25, 0.3) is 0 Å². The van der Waals surface area contributed by atoms with Crippen molar-refractivity contribution in [3.05, 3.63) is 0 Å². The standard InChI is InChI=1S/C5H12N3O/c1-8(2)4-3-7-5(6)9/h6H,3-4H2,1-2H3,(H,7,9).